The van der Waals surface area contributed by atoms with Gasteiger partial charge >= 0.3 is 6.03 Å². The first-order valence-corrected chi connectivity index (χ1v) is 11.9. The molecular formula is C24H32N4O3S. The lowest BCUT2D eigenvalue weighted by Gasteiger charge is -2.30. The minimum atomic E-state index is 0.0137. The van der Waals surface area contributed by atoms with E-state index in [0.717, 1.165) is 42.1 Å². The quantitative estimate of drug-likeness (QED) is 0.693. The van der Waals surface area contributed by atoms with Gasteiger partial charge in [-0.05, 0) is 68.4 Å². The molecule has 0 bridgehead atoms. The molecule has 3 amide bonds. The molecule has 3 heterocycles. The standard InChI is InChI=1S/C24H32N4O3S/c1-25-13-11-18(15-25)27(3)24(30)28-14-12-19(16-28)26(2)23(29)22-10-9-21(32-22)17-5-7-20(31-4)8-6-17/h5-10,18-19H,11-16H2,1-4H3/t18-,19+/m1/s1. The molecule has 2 aromatic rings. The fraction of sp³-hybridized carbons (Fsp3) is 0.500. The monoisotopic (exact) mass is 456 g/mol. The molecule has 4 rings (SSSR count). The van der Waals surface area contributed by atoms with Gasteiger partial charge in [-0.15, -0.1) is 11.3 Å². The number of amides is 3. The molecule has 0 unspecified atom stereocenters. The molecule has 2 aliphatic rings. The summed E-state index contributed by atoms with van der Waals surface area (Å²) in [5.41, 5.74) is 1.07. The molecule has 0 spiro atoms. The van der Waals surface area contributed by atoms with Gasteiger partial charge in [-0.1, -0.05) is 0 Å². The first-order chi connectivity index (χ1) is 15.4. The van der Waals surface area contributed by atoms with E-state index in [9.17, 15) is 9.59 Å². The fourth-order valence-corrected chi connectivity index (χ4v) is 5.54. The number of urea groups is 1. The molecule has 7 nitrogen and oxygen atoms in total. The molecule has 32 heavy (non-hydrogen) atoms. The highest BCUT2D eigenvalue weighted by atomic mass is 32.1. The molecule has 2 atom stereocenters. The lowest BCUT2D eigenvalue weighted by molar-refractivity contribution is 0.0739. The number of methoxy groups -OCH3 is 1. The van der Waals surface area contributed by atoms with Crippen LogP contribution in [0.25, 0.3) is 10.4 Å². The number of benzene rings is 1. The van der Waals surface area contributed by atoms with Crippen LogP contribution >= 0.6 is 11.3 Å². The van der Waals surface area contributed by atoms with Gasteiger partial charge in [0, 0.05) is 44.6 Å². The second-order valence-electron chi connectivity index (χ2n) is 8.80. The lowest BCUT2D eigenvalue weighted by atomic mass is 10.2. The molecule has 2 fully saturated rings. The Bertz CT molecular complexity index is 960. The van der Waals surface area contributed by atoms with Crippen LogP contribution in [0.15, 0.2) is 36.4 Å². The summed E-state index contributed by atoms with van der Waals surface area (Å²) in [5, 5.41) is 0. The van der Waals surface area contributed by atoms with E-state index < -0.39 is 0 Å². The molecule has 0 saturated carbocycles. The van der Waals surface area contributed by atoms with Crippen LogP contribution in [-0.2, 0) is 0 Å². The van der Waals surface area contributed by atoms with Crippen molar-refractivity contribution in [3.05, 3.63) is 41.3 Å². The summed E-state index contributed by atoms with van der Waals surface area (Å²) in [6, 6.07) is 12.1. The highest BCUT2D eigenvalue weighted by Gasteiger charge is 2.35. The molecule has 2 saturated heterocycles. The van der Waals surface area contributed by atoms with Crippen molar-refractivity contribution < 1.29 is 14.3 Å². The zero-order chi connectivity index (χ0) is 22.8. The third kappa shape index (κ3) is 4.61. The summed E-state index contributed by atoms with van der Waals surface area (Å²) in [6.45, 7) is 3.23. The number of hydrogen-bond acceptors (Lipinski definition) is 5. The number of likely N-dealkylation sites (tertiary alicyclic amines) is 2. The van der Waals surface area contributed by atoms with Crippen molar-refractivity contribution in [3.63, 3.8) is 0 Å². The normalized spacial score (nSPS) is 21.1. The summed E-state index contributed by atoms with van der Waals surface area (Å²) in [4.78, 5) is 35.7. The van der Waals surface area contributed by atoms with Crippen molar-refractivity contribution in [2.45, 2.75) is 24.9 Å². The van der Waals surface area contributed by atoms with E-state index in [-0.39, 0.29) is 24.0 Å². The van der Waals surface area contributed by atoms with Crippen molar-refractivity contribution in [2.24, 2.45) is 0 Å². The predicted molar refractivity (Wildman–Crippen MR) is 127 cm³/mol. The smallest absolute Gasteiger partial charge is 0.320 e. The van der Waals surface area contributed by atoms with E-state index >= 15 is 0 Å². The van der Waals surface area contributed by atoms with Crippen LogP contribution in [0.2, 0.25) is 0 Å². The lowest BCUT2D eigenvalue weighted by Crippen LogP contribution is -2.47. The van der Waals surface area contributed by atoms with Gasteiger partial charge in [0.05, 0.1) is 18.0 Å². The predicted octanol–water partition coefficient (Wildman–Crippen LogP) is 3.33. The van der Waals surface area contributed by atoms with Crippen LogP contribution in [0.3, 0.4) is 0 Å². The van der Waals surface area contributed by atoms with Gasteiger partial charge in [0.1, 0.15) is 5.75 Å². The molecule has 0 N–H and O–H groups in total. The number of likely N-dealkylation sites (N-methyl/N-ethyl adjacent to an activating group) is 3. The number of nitrogens with zero attached hydrogens (tertiary/aromatic N) is 4. The topological polar surface area (TPSA) is 56.3 Å². The minimum Gasteiger partial charge on any atom is -0.497 e. The number of hydrogen-bond donors (Lipinski definition) is 0. The summed E-state index contributed by atoms with van der Waals surface area (Å²) in [5.74, 6) is 0.826. The maximum atomic E-state index is 13.1. The van der Waals surface area contributed by atoms with Crippen LogP contribution in [0.4, 0.5) is 4.79 Å². The maximum absolute atomic E-state index is 13.1. The molecule has 172 valence electrons. The minimum absolute atomic E-state index is 0.0137. The van der Waals surface area contributed by atoms with E-state index in [0.29, 0.717) is 18.0 Å². The summed E-state index contributed by atoms with van der Waals surface area (Å²) in [7, 11) is 7.50. The molecular weight excluding hydrogens is 424 g/mol. The van der Waals surface area contributed by atoms with Gasteiger partial charge in [-0.25, -0.2) is 4.79 Å². The Morgan fingerprint density at radius 2 is 1.66 bits per heavy atom. The average Bonchev–Trinajstić information content (AvgIpc) is 3.58. The molecule has 2 aliphatic heterocycles. The van der Waals surface area contributed by atoms with Gasteiger partial charge in [-0.3, -0.25) is 4.79 Å². The highest BCUT2D eigenvalue weighted by molar-refractivity contribution is 7.17. The largest absolute Gasteiger partial charge is 0.497 e. The van der Waals surface area contributed by atoms with Gasteiger partial charge in [0.15, 0.2) is 0 Å². The van der Waals surface area contributed by atoms with Crippen molar-refractivity contribution >= 4 is 23.3 Å². The van der Waals surface area contributed by atoms with Gasteiger partial charge in [-0.2, -0.15) is 0 Å². The van der Waals surface area contributed by atoms with E-state index in [4.69, 9.17) is 4.74 Å². The Labute approximate surface area is 194 Å². The Hall–Kier alpha value is -2.58. The SMILES string of the molecule is COc1ccc(-c2ccc(C(=O)N(C)[C@H]3CCN(C(=O)N(C)[C@@H]4CCN(C)C4)C3)s2)cc1. The second kappa shape index (κ2) is 9.50. The third-order valence-corrected chi connectivity index (χ3v) is 7.83. The summed E-state index contributed by atoms with van der Waals surface area (Å²) in [6.07, 6.45) is 1.83. The van der Waals surface area contributed by atoms with Crippen LogP contribution in [-0.4, -0.2) is 98.1 Å². The third-order valence-electron chi connectivity index (χ3n) is 6.71. The average molecular weight is 457 g/mol. The van der Waals surface area contributed by atoms with Crippen LogP contribution in [0, 0.1) is 0 Å². The van der Waals surface area contributed by atoms with Crippen LogP contribution in [0.5, 0.6) is 5.75 Å². The second-order valence-corrected chi connectivity index (χ2v) is 9.88. The summed E-state index contributed by atoms with van der Waals surface area (Å²) >= 11 is 1.50. The molecule has 1 aromatic heterocycles. The fourth-order valence-electron chi connectivity index (χ4n) is 4.54. The first-order valence-electron chi connectivity index (χ1n) is 11.1. The van der Waals surface area contributed by atoms with Crippen molar-refractivity contribution in [1.29, 1.82) is 0 Å². The van der Waals surface area contributed by atoms with Crippen LogP contribution < -0.4 is 4.74 Å². The number of thiophene rings is 1. The Kier molecular flexibility index (Phi) is 6.71. The van der Waals surface area contributed by atoms with Gasteiger partial charge in [0.2, 0.25) is 0 Å². The van der Waals surface area contributed by atoms with Gasteiger partial charge < -0.3 is 24.3 Å². The first kappa shape index (κ1) is 22.6. The number of ether oxygens (including phenoxy) is 1. The zero-order valence-corrected chi connectivity index (χ0v) is 20.1. The molecule has 0 radical (unpaired) electrons. The Morgan fingerprint density at radius 3 is 2.31 bits per heavy atom. The van der Waals surface area contributed by atoms with Gasteiger partial charge in [0.25, 0.3) is 5.91 Å². The van der Waals surface area contributed by atoms with E-state index in [1.54, 1.807) is 12.0 Å². The summed E-state index contributed by atoms with van der Waals surface area (Å²) < 4.78 is 5.22. The highest BCUT2D eigenvalue weighted by Crippen LogP contribution is 2.31. The van der Waals surface area contributed by atoms with E-state index in [2.05, 4.69) is 11.9 Å². The number of carbonyl (C=O) groups excluding carboxylic acids is 2. The van der Waals surface area contributed by atoms with Crippen LogP contribution in [0.1, 0.15) is 22.5 Å². The maximum Gasteiger partial charge on any atom is 0.320 e. The Balaban J connectivity index is 1.36. The van der Waals surface area contributed by atoms with E-state index in [1.165, 1.54) is 11.3 Å². The van der Waals surface area contributed by atoms with E-state index in [1.807, 2.05) is 60.3 Å². The molecule has 0 aliphatic carbocycles. The van der Waals surface area contributed by atoms with Crippen molar-refractivity contribution in [1.82, 2.24) is 19.6 Å². The Morgan fingerprint density at radius 1 is 0.969 bits per heavy atom. The molecule has 1 aromatic carbocycles. The zero-order valence-electron chi connectivity index (χ0n) is 19.3. The van der Waals surface area contributed by atoms with Crippen molar-refractivity contribution in [2.75, 3.05) is 54.4 Å². The van der Waals surface area contributed by atoms with Crippen molar-refractivity contribution in [3.8, 4) is 16.2 Å². The molecule has 8 heteroatoms. The number of carbonyl (C=O) groups is 2. The number of rotatable bonds is 5.